The zero-order valence-electron chi connectivity index (χ0n) is 15.7. The first-order chi connectivity index (χ1) is 13.6. The molecule has 0 fully saturated rings. The van der Waals surface area contributed by atoms with E-state index in [1.807, 2.05) is 61.4 Å². The molecule has 0 aliphatic rings. The normalized spacial score (nSPS) is 10.8. The number of hydrogen-bond donors (Lipinski definition) is 1. The Morgan fingerprint density at radius 2 is 2.00 bits per heavy atom. The molecular formula is C21H19N7. The number of nitrogens with zero attached hydrogens (tertiary/aromatic N) is 6. The molecule has 3 aromatic heterocycles. The molecule has 0 radical (unpaired) electrons. The van der Waals surface area contributed by atoms with E-state index in [9.17, 15) is 5.26 Å². The summed E-state index contributed by atoms with van der Waals surface area (Å²) in [6.45, 7) is 2.56. The topological polar surface area (TPSA) is 98.3 Å². The highest BCUT2D eigenvalue weighted by Gasteiger charge is 2.20. The number of pyridine rings is 1. The lowest BCUT2D eigenvalue weighted by atomic mass is 9.90. The predicted molar refractivity (Wildman–Crippen MR) is 107 cm³/mol. The maximum Gasteiger partial charge on any atom is 0.142 e. The highest BCUT2D eigenvalue weighted by atomic mass is 15.3. The average molecular weight is 369 g/mol. The molecule has 0 amide bonds. The van der Waals surface area contributed by atoms with Crippen molar-refractivity contribution in [1.82, 2.24) is 24.5 Å². The molecule has 0 aliphatic carbocycles. The van der Waals surface area contributed by atoms with Gasteiger partial charge in [-0.3, -0.25) is 9.36 Å². The van der Waals surface area contributed by atoms with E-state index in [1.54, 1.807) is 17.1 Å². The number of nitrogen functional groups attached to an aromatic ring is 1. The number of aryl methyl sites for hydroxylation is 1. The van der Waals surface area contributed by atoms with Gasteiger partial charge in [-0.25, -0.2) is 4.98 Å². The number of nitriles is 1. The smallest absolute Gasteiger partial charge is 0.142 e. The number of benzene rings is 1. The van der Waals surface area contributed by atoms with Crippen LogP contribution in [0, 0.1) is 18.3 Å². The summed E-state index contributed by atoms with van der Waals surface area (Å²) in [6, 6.07) is 12.1. The standard InChI is InChI=1S/C21H19N7/c1-14-19(17-7-4-3-6-15(17)13-28-9-5-8-24-28)18(10-22)21(23)26-20(14)16-11-25-27(2)12-16/h3-9,11-12H,13H2,1-2H3,(H2,23,26). The lowest BCUT2D eigenvalue weighted by molar-refractivity contribution is 0.688. The third kappa shape index (κ3) is 3.01. The summed E-state index contributed by atoms with van der Waals surface area (Å²) in [5.74, 6) is 0.218. The fourth-order valence-electron chi connectivity index (χ4n) is 3.44. The van der Waals surface area contributed by atoms with Gasteiger partial charge >= 0.3 is 0 Å². The molecule has 2 N–H and O–H groups in total. The second-order valence-corrected chi connectivity index (χ2v) is 6.60. The second kappa shape index (κ2) is 7.00. The molecule has 3 heterocycles. The summed E-state index contributed by atoms with van der Waals surface area (Å²) in [7, 11) is 1.85. The summed E-state index contributed by atoms with van der Waals surface area (Å²) in [4.78, 5) is 4.50. The van der Waals surface area contributed by atoms with Gasteiger partial charge in [0.15, 0.2) is 0 Å². The van der Waals surface area contributed by atoms with Crippen molar-refractivity contribution in [2.75, 3.05) is 5.73 Å². The Morgan fingerprint density at radius 1 is 1.18 bits per heavy atom. The fourth-order valence-corrected chi connectivity index (χ4v) is 3.44. The van der Waals surface area contributed by atoms with E-state index in [0.717, 1.165) is 33.5 Å². The van der Waals surface area contributed by atoms with Crippen LogP contribution in [0.5, 0.6) is 0 Å². The zero-order valence-corrected chi connectivity index (χ0v) is 15.7. The van der Waals surface area contributed by atoms with Crippen molar-refractivity contribution in [3.8, 4) is 28.5 Å². The number of aromatic nitrogens is 5. The molecule has 1 aromatic carbocycles. The Morgan fingerprint density at radius 3 is 2.68 bits per heavy atom. The molecular weight excluding hydrogens is 350 g/mol. The van der Waals surface area contributed by atoms with Crippen LogP contribution < -0.4 is 5.73 Å². The monoisotopic (exact) mass is 369 g/mol. The highest BCUT2D eigenvalue weighted by molar-refractivity contribution is 5.85. The Hall–Kier alpha value is -3.92. The van der Waals surface area contributed by atoms with E-state index in [4.69, 9.17) is 5.73 Å². The van der Waals surface area contributed by atoms with Crippen LogP contribution in [0.2, 0.25) is 0 Å². The fraction of sp³-hybridized carbons (Fsp3) is 0.143. The molecule has 0 bridgehead atoms. The number of nitrogens with two attached hydrogens (primary N) is 1. The van der Waals surface area contributed by atoms with Gasteiger partial charge < -0.3 is 5.73 Å². The van der Waals surface area contributed by atoms with Gasteiger partial charge in [-0.15, -0.1) is 0 Å². The van der Waals surface area contributed by atoms with Crippen LogP contribution in [0.4, 0.5) is 5.82 Å². The lowest BCUT2D eigenvalue weighted by Gasteiger charge is -2.17. The largest absolute Gasteiger partial charge is 0.383 e. The van der Waals surface area contributed by atoms with Crippen molar-refractivity contribution < 1.29 is 0 Å². The number of anilines is 1. The first-order valence-electron chi connectivity index (χ1n) is 8.83. The van der Waals surface area contributed by atoms with Gasteiger partial charge in [-0.2, -0.15) is 15.5 Å². The number of rotatable bonds is 4. The molecule has 138 valence electrons. The molecule has 0 unspecified atom stereocenters. The highest BCUT2D eigenvalue weighted by Crippen LogP contribution is 2.37. The molecule has 0 aliphatic heterocycles. The van der Waals surface area contributed by atoms with Crippen LogP contribution in [0.15, 0.2) is 55.1 Å². The minimum Gasteiger partial charge on any atom is -0.383 e. The van der Waals surface area contributed by atoms with Gasteiger partial charge in [-0.1, -0.05) is 24.3 Å². The predicted octanol–water partition coefficient (Wildman–Crippen LogP) is 3.16. The molecule has 0 atom stereocenters. The Kier molecular flexibility index (Phi) is 4.38. The first kappa shape index (κ1) is 17.5. The molecule has 4 rings (SSSR count). The SMILES string of the molecule is Cc1c(-c2cnn(C)c2)nc(N)c(C#N)c1-c1ccccc1Cn1cccn1. The van der Waals surface area contributed by atoms with Gasteiger partial charge in [0.05, 0.1) is 18.4 Å². The van der Waals surface area contributed by atoms with Gasteiger partial charge in [0.25, 0.3) is 0 Å². The third-order valence-electron chi connectivity index (χ3n) is 4.74. The number of hydrogen-bond acceptors (Lipinski definition) is 5. The van der Waals surface area contributed by atoms with E-state index >= 15 is 0 Å². The molecule has 28 heavy (non-hydrogen) atoms. The maximum atomic E-state index is 9.79. The molecule has 0 spiro atoms. The van der Waals surface area contributed by atoms with Gasteiger partial charge in [0.1, 0.15) is 17.5 Å². The molecule has 7 heteroatoms. The Labute approximate surface area is 162 Å². The maximum absolute atomic E-state index is 9.79. The van der Waals surface area contributed by atoms with Crippen LogP contribution in [0.25, 0.3) is 22.4 Å². The summed E-state index contributed by atoms with van der Waals surface area (Å²) in [6.07, 6.45) is 7.30. The van der Waals surface area contributed by atoms with E-state index in [0.29, 0.717) is 12.1 Å². The van der Waals surface area contributed by atoms with Crippen LogP contribution in [0.3, 0.4) is 0 Å². The van der Waals surface area contributed by atoms with E-state index < -0.39 is 0 Å². The summed E-state index contributed by atoms with van der Waals surface area (Å²) in [5.41, 5.74) is 11.9. The Bertz CT molecular complexity index is 1180. The van der Waals surface area contributed by atoms with Gasteiger partial charge in [0, 0.05) is 36.8 Å². The minimum absolute atomic E-state index is 0.218. The van der Waals surface area contributed by atoms with E-state index in [1.165, 1.54) is 0 Å². The van der Waals surface area contributed by atoms with E-state index in [2.05, 4.69) is 21.3 Å². The molecule has 4 aromatic rings. The van der Waals surface area contributed by atoms with Gasteiger partial charge in [0.2, 0.25) is 0 Å². The summed E-state index contributed by atoms with van der Waals surface area (Å²) >= 11 is 0. The first-order valence-corrected chi connectivity index (χ1v) is 8.83. The summed E-state index contributed by atoms with van der Waals surface area (Å²) < 4.78 is 3.57. The Balaban J connectivity index is 1.95. The van der Waals surface area contributed by atoms with Crippen LogP contribution in [-0.2, 0) is 13.6 Å². The quantitative estimate of drug-likeness (QED) is 0.596. The minimum atomic E-state index is 0.218. The van der Waals surface area contributed by atoms with Crippen molar-refractivity contribution in [3.63, 3.8) is 0 Å². The molecule has 0 saturated heterocycles. The summed E-state index contributed by atoms with van der Waals surface area (Å²) in [5, 5.41) is 18.3. The van der Waals surface area contributed by atoms with Gasteiger partial charge in [-0.05, 0) is 29.7 Å². The average Bonchev–Trinajstić information content (AvgIpc) is 3.35. The van der Waals surface area contributed by atoms with Crippen molar-refractivity contribution >= 4 is 5.82 Å². The van der Waals surface area contributed by atoms with Crippen LogP contribution in [-0.4, -0.2) is 24.5 Å². The lowest BCUT2D eigenvalue weighted by Crippen LogP contribution is -2.06. The second-order valence-electron chi connectivity index (χ2n) is 6.60. The van der Waals surface area contributed by atoms with Crippen molar-refractivity contribution in [2.45, 2.75) is 13.5 Å². The zero-order chi connectivity index (χ0) is 19.7. The molecule has 0 saturated carbocycles. The van der Waals surface area contributed by atoms with Crippen LogP contribution >= 0.6 is 0 Å². The van der Waals surface area contributed by atoms with Crippen molar-refractivity contribution in [2.24, 2.45) is 7.05 Å². The van der Waals surface area contributed by atoms with E-state index in [-0.39, 0.29) is 5.82 Å². The molecule has 7 nitrogen and oxygen atoms in total. The third-order valence-corrected chi connectivity index (χ3v) is 4.74. The van der Waals surface area contributed by atoms with Crippen molar-refractivity contribution in [3.05, 3.63) is 71.8 Å². The van der Waals surface area contributed by atoms with Crippen LogP contribution in [0.1, 0.15) is 16.7 Å². The van der Waals surface area contributed by atoms with Crippen molar-refractivity contribution in [1.29, 1.82) is 5.26 Å².